The first kappa shape index (κ1) is 13.8. The number of benzene rings is 2. The van der Waals surface area contributed by atoms with Gasteiger partial charge in [0.1, 0.15) is 17.3 Å². The summed E-state index contributed by atoms with van der Waals surface area (Å²) in [4.78, 5) is 11.9. The topological polar surface area (TPSA) is 58.6 Å². The number of anilines is 1. The molecule has 0 spiro atoms. The van der Waals surface area contributed by atoms with Gasteiger partial charge in [-0.05, 0) is 30.3 Å². The summed E-state index contributed by atoms with van der Waals surface area (Å²) in [5, 5.41) is 11.7. The molecule has 20 heavy (non-hydrogen) atoms. The minimum Gasteiger partial charge on any atom is -0.504 e. The summed E-state index contributed by atoms with van der Waals surface area (Å²) in [6.45, 7) is 0. The molecule has 4 nitrogen and oxygen atoms in total. The Balaban J connectivity index is 2.26. The summed E-state index contributed by atoms with van der Waals surface area (Å²) in [6, 6.07) is 7.15. The second-order valence-corrected chi connectivity index (χ2v) is 3.94. The van der Waals surface area contributed by atoms with E-state index in [0.717, 1.165) is 18.2 Å². The Morgan fingerprint density at radius 1 is 1.20 bits per heavy atom. The molecule has 0 aliphatic carbocycles. The van der Waals surface area contributed by atoms with Crippen molar-refractivity contribution in [2.24, 2.45) is 0 Å². The Morgan fingerprint density at radius 2 is 1.85 bits per heavy atom. The number of amides is 1. The van der Waals surface area contributed by atoms with E-state index in [1.807, 2.05) is 0 Å². The van der Waals surface area contributed by atoms with Crippen LogP contribution in [0.4, 0.5) is 14.5 Å². The fourth-order valence-corrected chi connectivity index (χ4v) is 1.63. The minimum absolute atomic E-state index is 0.0472. The Hall–Kier alpha value is -2.63. The van der Waals surface area contributed by atoms with Crippen molar-refractivity contribution in [2.45, 2.75) is 0 Å². The van der Waals surface area contributed by atoms with Crippen molar-refractivity contribution >= 4 is 11.6 Å². The second-order valence-electron chi connectivity index (χ2n) is 3.94. The zero-order valence-corrected chi connectivity index (χ0v) is 10.5. The highest BCUT2D eigenvalue weighted by Crippen LogP contribution is 2.27. The minimum atomic E-state index is -0.879. The maximum atomic E-state index is 13.4. The summed E-state index contributed by atoms with van der Waals surface area (Å²) in [7, 11) is 1.36. The highest BCUT2D eigenvalue weighted by molar-refractivity contribution is 6.04. The Bertz CT molecular complexity index is 639. The first-order valence-corrected chi connectivity index (χ1v) is 5.65. The molecule has 0 aliphatic rings. The molecule has 0 atom stereocenters. The van der Waals surface area contributed by atoms with E-state index < -0.39 is 23.2 Å². The SMILES string of the molecule is COc1ccc(C(=O)Nc2c(F)cccc2F)cc1O. The van der Waals surface area contributed by atoms with Gasteiger partial charge in [-0.2, -0.15) is 0 Å². The van der Waals surface area contributed by atoms with Crippen LogP contribution >= 0.6 is 0 Å². The number of methoxy groups -OCH3 is 1. The number of aromatic hydroxyl groups is 1. The lowest BCUT2D eigenvalue weighted by molar-refractivity contribution is 0.102. The third kappa shape index (κ3) is 2.69. The summed E-state index contributed by atoms with van der Waals surface area (Å²) < 4.78 is 31.6. The van der Waals surface area contributed by atoms with E-state index in [0.29, 0.717) is 0 Å². The van der Waals surface area contributed by atoms with E-state index in [1.54, 1.807) is 0 Å². The van der Waals surface area contributed by atoms with Crippen LogP contribution in [0, 0.1) is 11.6 Å². The van der Waals surface area contributed by atoms with Gasteiger partial charge in [-0.15, -0.1) is 0 Å². The number of para-hydroxylation sites is 1. The molecule has 104 valence electrons. The van der Waals surface area contributed by atoms with Gasteiger partial charge in [0.15, 0.2) is 11.5 Å². The Kier molecular flexibility index (Phi) is 3.84. The molecule has 0 radical (unpaired) electrons. The zero-order valence-electron chi connectivity index (χ0n) is 10.5. The Labute approximate surface area is 113 Å². The van der Waals surface area contributed by atoms with E-state index in [-0.39, 0.29) is 17.1 Å². The van der Waals surface area contributed by atoms with Crippen LogP contribution in [-0.2, 0) is 0 Å². The first-order valence-electron chi connectivity index (χ1n) is 5.65. The van der Waals surface area contributed by atoms with Crippen molar-refractivity contribution in [2.75, 3.05) is 12.4 Å². The van der Waals surface area contributed by atoms with Gasteiger partial charge in [0.2, 0.25) is 0 Å². The predicted octanol–water partition coefficient (Wildman–Crippen LogP) is 2.93. The monoisotopic (exact) mass is 279 g/mol. The van der Waals surface area contributed by atoms with Gasteiger partial charge in [-0.3, -0.25) is 4.79 Å². The van der Waals surface area contributed by atoms with Crippen molar-refractivity contribution in [1.82, 2.24) is 0 Å². The van der Waals surface area contributed by atoms with E-state index in [9.17, 15) is 18.7 Å². The van der Waals surface area contributed by atoms with Crippen molar-refractivity contribution in [1.29, 1.82) is 0 Å². The van der Waals surface area contributed by atoms with Crippen LogP contribution in [0.1, 0.15) is 10.4 Å². The first-order chi connectivity index (χ1) is 9.52. The third-order valence-corrected chi connectivity index (χ3v) is 2.64. The molecule has 1 amide bonds. The van der Waals surface area contributed by atoms with Crippen LogP contribution in [-0.4, -0.2) is 18.1 Å². The molecule has 0 unspecified atom stereocenters. The largest absolute Gasteiger partial charge is 0.504 e. The summed E-state index contributed by atoms with van der Waals surface area (Å²) in [5.41, 5.74) is -0.487. The summed E-state index contributed by atoms with van der Waals surface area (Å²) in [5.74, 6) is -2.55. The number of rotatable bonds is 3. The Morgan fingerprint density at radius 3 is 2.40 bits per heavy atom. The molecular weight excluding hydrogens is 268 g/mol. The molecule has 0 bridgehead atoms. The number of carbonyl (C=O) groups is 1. The average molecular weight is 279 g/mol. The van der Waals surface area contributed by atoms with E-state index >= 15 is 0 Å². The van der Waals surface area contributed by atoms with Crippen molar-refractivity contribution in [3.8, 4) is 11.5 Å². The summed E-state index contributed by atoms with van der Waals surface area (Å²) in [6.07, 6.45) is 0. The highest BCUT2D eigenvalue weighted by Gasteiger charge is 2.14. The lowest BCUT2D eigenvalue weighted by atomic mass is 10.2. The van der Waals surface area contributed by atoms with E-state index in [1.165, 1.54) is 25.3 Å². The van der Waals surface area contributed by atoms with Gasteiger partial charge in [-0.25, -0.2) is 8.78 Å². The molecule has 2 aromatic rings. The molecule has 0 aliphatic heterocycles. The maximum Gasteiger partial charge on any atom is 0.255 e. The molecule has 0 saturated heterocycles. The van der Waals surface area contributed by atoms with Gasteiger partial charge >= 0.3 is 0 Å². The third-order valence-electron chi connectivity index (χ3n) is 2.64. The van der Waals surface area contributed by atoms with Gasteiger partial charge in [0.05, 0.1) is 7.11 Å². The molecule has 0 saturated carbocycles. The van der Waals surface area contributed by atoms with E-state index in [2.05, 4.69) is 5.32 Å². The van der Waals surface area contributed by atoms with Crippen molar-refractivity contribution in [3.05, 3.63) is 53.6 Å². The molecule has 2 aromatic carbocycles. The molecule has 6 heteroatoms. The van der Waals surface area contributed by atoms with E-state index in [4.69, 9.17) is 4.74 Å². The number of hydrogen-bond acceptors (Lipinski definition) is 3. The number of carbonyl (C=O) groups excluding carboxylic acids is 1. The van der Waals surface area contributed by atoms with Gasteiger partial charge in [-0.1, -0.05) is 6.07 Å². The highest BCUT2D eigenvalue weighted by atomic mass is 19.1. The molecular formula is C14H11F2NO3. The van der Waals surface area contributed by atoms with Gasteiger partial charge < -0.3 is 15.2 Å². The molecule has 2 N–H and O–H groups in total. The zero-order chi connectivity index (χ0) is 14.7. The number of nitrogens with one attached hydrogen (secondary N) is 1. The average Bonchev–Trinajstić information content (AvgIpc) is 2.42. The van der Waals surface area contributed by atoms with Crippen LogP contribution in [0.5, 0.6) is 11.5 Å². The van der Waals surface area contributed by atoms with Crippen LogP contribution in [0.25, 0.3) is 0 Å². The number of phenols is 1. The van der Waals surface area contributed by atoms with Crippen molar-refractivity contribution in [3.63, 3.8) is 0 Å². The summed E-state index contributed by atoms with van der Waals surface area (Å²) >= 11 is 0. The normalized spacial score (nSPS) is 10.2. The number of hydrogen-bond donors (Lipinski definition) is 2. The van der Waals surface area contributed by atoms with Crippen LogP contribution < -0.4 is 10.1 Å². The lowest BCUT2D eigenvalue weighted by Gasteiger charge is -2.09. The molecule has 2 rings (SSSR count). The van der Waals surface area contributed by atoms with Crippen LogP contribution in [0.15, 0.2) is 36.4 Å². The second kappa shape index (κ2) is 5.56. The maximum absolute atomic E-state index is 13.4. The fourth-order valence-electron chi connectivity index (χ4n) is 1.63. The van der Waals surface area contributed by atoms with Crippen molar-refractivity contribution < 1.29 is 23.4 Å². The number of ether oxygens (including phenoxy) is 1. The molecule has 0 aromatic heterocycles. The lowest BCUT2D eigenvalue weighted by Crippen LogP contribution is -2.14. The van der Waals surface area contributed by atoms with Gasteiger partial charge in [0.25, 0.3) is 5.91 Å². The fraction of sp³-hybridized carbons (Fsp3) is 0.0714. The quantitative estimate of drug-likeness (QED) is 0.908. The number of halogens is 2. The standard InChI is InChI=1S/C14H11F2NO3/c1-20-12-6-5-8(7-11(12)18)14(19)17-13-9(15)3-2-4-10(13)16/h2-7,18H,1H3,(H,17,19). The predicted molar refractivity (Wildman–Crippen MR) is 69.0 cm³/mol. The molecule has 0 fully saturated rings. The molecule has 0 heterocycles. The smallest absolute Gasteiger partial charge is 0.255 e. The van der Waals surface area contributed by atoms with Crippen LogP contribution in [0.3, 0.4) is 0 Å². The van der Waals surface area contributed by atoms with Crippen LogP contribution in [0.2, 0.25) is 0 Å². The van der Waals surface area contributed by atoms with Gasteiger partial charge in [0, 0.05) is 5.56 Å². The number of phenolic OH excluding ortho intramolecular Hbond substituents is 1.